The highest BCUT2D eigenvalue weighted by Crippen LogP contribution is 2.13. The minimum absolute atomic E-state index is 0.243. The molecule has 98 valence electrons. The summed E-state index contributed by atoms with van der Waals surface area (Å²) in [5.41, 5.74) is 0.974. The van der Waals surface area contributed by atoms with Crippen molar-refractivity contribution in [3.8, 4) is 0 Å². The van der Waals surface area contributed by atoms with Gasteiger partial charge in [-0.1, -0.05) is 41.9 Å². The average Bonchev–Trinajstić information content (AvgIpc) is 2.35. The molecule has 0 aliphatic rings. The Balaban J connectivity index is 2.50. The average molecular weight is 314 g/mol. The van der Waals surface area contributed by atoms with Crippen molar-refractivity contribution in [3.63, 3.8) is 0 Å². The zero-order chi connectivity index (χ0) is 13.7. The molecule has 1 aromatic rings. The van der Waals surface area contributed by atoms with Crippen molar-refractivity contribution >= 4 is 27.8 Å². The van der Waals surface area contributed by atoms with Gasteiger partial charge in [0.25, 0.3) is 0 Å². The topological polar surface area (TPSA) is 66.4 Å². The largest absolute Gasteiger partial charge is 0.481 e. The Morgan fingerprint density at radius 2 is 1.78 bits per heavy atom. The van der Waals surface area contributed by atoms with E-state index in [1.165, 1.54) is 6.92 Å². The van der Waals surface area contributed by atoms with Gasteiger partial charge in [0.15, 0.2) is 0 Å². The van der Waals surface area contributed by atoms with E-state index < -0.39 is 17.8 Å². The van der Waals surface area contributed by atoms with Crippen LogP contribution < -0.4 is 5.32 Å². The molecule has 2 atom stereocenters. The van der Waals surface area contributed by atoms with Crippen LogP contribution in [0.15, 0.2) is 28.7 Å². The number of carboxylic acids is 1. The van der Waals surface area contributed by atoms with Crippen LogP contribution in [-0.4, -0.2) is 17.0 Å². The number of aliphatic carboxylic acids is 1. The molecular weight excluding hydrogens is 298 g/mol. The van der Waals surface area contributed by atoms with Crippen LogP contribution >= 0.6 is 15.9 Å². The molecule has 2 N–H and O–H groups in total. The number of nitrogens with one attached hydrogen (secondary N) is 1. The van der Waals surface area contributed by atoms with Crippen LogP contribution in [0.5, 0.6) is 0 Å². The van der Waals surface area contributed by atoms with Crippen molar-refractivity contribution in [2.45, 2.75) is 20.4 Å². The third-order valence-corrected chi connectivity index (χ3v) is 3.46. The summed E-state index contributed by atoms with van der Waals surface area (Å²) in [5.74, 6) is -2.43. The lowest BCUT2D eigenvalue weighted by molar-refractivity contribution is -0.146. The van der Waals surface area contributed by atoms with Gasteiger partial charge in [-0.15, -0.1) is 0 Å². The summed E-state index contributed by atoms with van der Waals surface area (Å²) in [6.07, 6.45) is 0. The summed E-state index contributed by atoms with van der Waals surface area (Å²) in [6, 6.07) is 7.58. The molecule has 0 aliphatic heterocycles. The molecule has 4 nitrogen and oxygen atoms in total. The highest BCUT2D eigenvalue weighted by atomic mass is 79.9. The number of rotatable bonds is 5. The number of carbonyl (C=O) groups is 2. The first-order valence-corrected chi connectivity index (χ1v) is 6.46. The lowest BCUT2D eigenvalue weighted by Gasteiger charge is -2.15. The van der Waals surface area contributed by atoms with Gasteiger partial charge in [-0.3, -0.25) is 9.59 Å². The molecule has 1 amide bonds. The minimum atomic E-state index is -0.957. The number of carbonyl (C=O) groups excluding carboxylic acids is 1. The molecule has 0 heterocycles. The molecule has 0 aliphatic carbocycles. The number of hydrogen-bond donors (Lipinski definition) is 2. The second kappa shape index (κ2) is 6.54. The van der Waals surface area contributed by atoms with Gasteiger partial charge >= 0.3 is 5.97 Å². The fraction of sp³-hybridized carbons (Fsp3) is 0.385. The van der Waals surface area contributed by atoms with Crippen molar-refractivity contribution < 1.29 is 14.7 Å². The normalized spacial score (nSPS) is 13.7. The molecule has 0 fully saturated rings. The van der Waals surface area contributed by atoms with E-state index in [0.717, 1.165) is 10.0 Å². The molecule has 0 radical (unpaired) electrons. The van der Waals surface area contributed by atoms with Gasteiger partial charge in [0, 0.05) is 16.9 Å². The zero-order valence-electron chi connectivity index (χ0n) is 10.3. The molecule has 1 rings (SSSR count). The quantitative estimate of drug-likeness (QED) is 0.877. The smallest absolute Gasteiger partial charge is 0.307 e. The zero-order valence-corrected chi connectivity index (χ0v) is 11.9. The number of carboxylic acid groups (broad SMARTS) is 1. The summed E-state index contributed by atoms with van der Waals surface area (Å²) in [4.78, 5) is 22.5. The third kappa shape index (κ3) is 4.14. The SMILES string of the molecule is CC(C(=O)O)C(C)C(=O)NCc1ccc(Br)cc1. The predicted molar refractivity (Wildman–Crippen MR) is 72.0 cm³/mol. The summed E-state index contributed by atoms with van der Waals surface area (Å²) < 4.78 is 0.977. The van der Waals surface area contributed by atoms with Gasteiger partial charge in [-0.25, -0.2) is 0 Å². The van der Waals surface area contributed by atoms with Crippen LogP contribution in [-0.2, 0) is 16.1 Å². The second-order valence-electron chi connectivity index (χ2n) is 4.26. The molecule has 18 heavy (non-hydrogen) atoms. The molecule has 0 aromatic heterocycles. The molecule has 0 saturated heterocycles. The number of amides is 1. The summed E-state index contributed by atoms with van der Waals surface area (Å²) >= 11 is 3.33. The van der Waals surface area contributed by atoms with E-state index in [9.17, 15) is 9.59 Å². The Hall–Kier alpha value is -1.36. The van der Waals surface area contributed by atoms with E-state index in [2.05, 4.69) is 21.2 Å². The van der Waals surface area contributed by atoms with Crippen LogP contribution in [0.25, 0.3) is 0 Å². The van der Waals surface area contributed by atoms with Crippen molar-refractivity contribution in [3.05, 3.63) is 34.3 Å². The maximum atomic E-state index is 11.7. The number of benzene rings is 1. The van der Waals surface area contributed by atoms with Crippen molar-refractivity contribution in [1.82, 2.24) is 5.32 Å². The van der Waals surface area contributed by atoms with Crippen molar-refractivity contribution in [2.24, 2.45) is 11.8 Å². The molecular formula is C13H16BrNO3. The first-order valence-electron chi connectivity index (χ1n) is 5.66. The van der Waals surface area contributed by atoms with E-state index in [0.29, 0.717) is 6.54 Å². The lowest BCUT2D eigenvalue weighted by atomic mass is 9.95. The van der Waals surface area contributed by atoms with Crippen LogP contribution in [0.4, 0.5) is 0 Å². The van der Waals surface area contributed by atoms with E-state index in [-0.39, 0.29) is 5.91 Å². The Morgan fingerprint density at radius 3 is 2.28 bits per heavy atom. The van der Waals surface area contributed by atoms with E-state index >= 15 is 0 Å². The van der Waals surface area contributed by atoms with Gasteiger partial charge in [0.1, 0.15) is 0 Å². The Morgan fingerprint density at radius 1 is 1.22 bits per heavy atom. The molecule has 0 bridgehead atoms. The summed E-state index contributed by atoms with van der Waals surface area (Å²) in [7, 11) is 0. The van der Waals surface area contributed by atoms with E-state index in [1.807, 2.05) is 24.3 Å². The molecule has 1 aromatic carbocycles. The van der Waals surface area contributed by atoms with Gasteiger partial charge in [-0.05, 0) is 17.7 Å². The first kappa shape index (κ1) is 14.7. The van der Waals surface area contributed by atoms with Gasteiger partial charge in [-0.2, -0.15) is 0 Å². The number of halogens is 1. The molecule has 5 heteroatoms. The Bertz CT molecular complexity index is 430. The fourth-order valence-electron chi connectivity index (χ4n) is 1.39. The highest BCUT2D eigenvalue weighted by molar-refractivity contribution is 9.10. The van der Waals surface area contributed by atoms with Crippen LogP contribution in [0, 0.1) is 11.8 Å². The lowest BCUT2D eigenvalue weighted by Crippen LogP contribution is -2.34. The minimum Gasteiger partial charge on any atom is -0.481 e. The summed E-state index contributed by atoms with van der Waals surface area (Å²) in [5, 5.41) is 11.6. The van der Waals surface area contributed by atoms with E-state index in [1.54, 1.807) is 6.92 Å². The monoisotopic (exact) mass is 313 g/mol. The van der Waals surface area contributed by atoms with Crippen LogP contribution in [0.1, 0.15) is 19.4 Å². The van der Waals surface area contributed by atoms with Gasteiger partial charge < -0.3 is 10.4 Å². The second-order valence-corrected chi connectivity index (χ2v) is 5.18. The molecule has 2 unspecified atom stereocenters. The standard InChI is InChI=1S/C13H16BrNO3/c1-8(9(2)13(17)18)12(16)15-7-10-3-5-11(14)6-4-10/h3-6,8-9H,7H2,1-2H3,(H,15,16)(H,17,18). The van der Waals surface area contributed by atoms with Crippen LogP contribution in [0.2, 0.25) is 0 Å². The predicted octanol–water partition coefficient (Wildman–Crippen LogP) is 2.42. The molecule has 0 spiro atoms. The van der Waals surface area contributed by atoms with Crippen molar-refractivity contribution in [1.29, 1.82) is 0 Å². The fourth-order valence-corrected chi connectivity index (χ4v) is 1.66. The van der Waals surface area contributed by atoms with Gasteiger partial charge in [0.05, 0.1) is 5.92 Å². The maximum absolute atomic E-state index is 11.7. The maximum Gasteiger partial charge on any atom is 0.307 e. The van der Waals surface area contributed by atoms with E-state index in [4.69, 9.17) is 5.11 Å². The number of hydrogen-bond acceptors (Lipinski definition) is 2. The Kier molecular flexibility index (Phi) is 5.34. The highest BCUT2D eigenvalue weighted by Gasteiger charge is 2.25. The molecule has 0 saturated carbocycles. The van der Waals surface area contributed by atoms with Crippen LogP contribution in [0.3, 0.4) is 0 Å². The Labute approximate surface area is 115 Å². The van der Waals surface area contributed by atoms with Gasteiger partial charge in [0.2, 0.25) is 5.91 Å². The summed E-state index contributed by atoms with van der Waals surface area (Å²) in [6.45, 7) is 3.56. The third-order valence-electron chi connectivity index (χ3n) is 2.93. The first-order chi connectivity index (χ1) is 8.41. The van der Waals surface area contributed by atoms with Crippen molar-refractivity contribution in [2.75, 3.05) is 0 Å².